The molecule has 0 amide bonds. The summed E-state index contributed by atoms with van der Waals surface area (Å²) < 4.78 is 6.01. The summed E-state index contributed by atoms with van der Waals surface area (Å²) in [7, 11) is 0. The molecule has 0 bridgehead atoms. The van der Waals surface area contributed by atoms with Crippen LogP contribution < -0.4 is 4.90 Å². The predicted octanol–water partition coefficient (Wildman–Crippen LogP) is 3.97. The highest BCUT2D eigenvalue weighted by Gasteiger charge is 2.60. The Morgan fingerprint density at radius 3 is 2.61 bits per heavy atom. The van der Waals surface area contributed by atoms with E-state index in [1.54, 1.807) is 4.90 Å². The van der Waals surface area contributed by atoms with E-state index >= 15 is 0 Å². The fraction of sp³-hybridized carbons (Fsp3) is 0.926. The van der Waals surface area contributed by atoms with E-state index in [1.807, 2.05) is 0 Å². The van der Waals surface area contributed by atoms with E-state index in [4.69, 9.17) is 4.74 Å². The average Bonchev–Trinajstić information content (AvgIpc) is 3.08. The zero-order valence-electron chi connectivity index (χ0n) is 19.9. The number of nitrogens with one attached hydrogen (secondary N) is 1. The summed E-state index contributed by atoms with van der Waals surface area (Å²) in [6.07, 6.45) is 14.9. The summed E-state index contributed by atoms with van der Waals surface area (Å²) >= 11 is 0. The van der Waals surface area contributed by atoms with Crippen molar-refractivity contribution in [3.05, 3.63) is 0 Å². The van der Waals surface area contributed by atoms with Crippen LogP contribution in [0.2, 0.25) is 0 Å². The van der Waals surface area contributed by atoms with Crippen LogP contribution in [0, 0.1) is 34.5 Å². The van der Waals surface area contributed by atoms with E-state index < -0.39 is 0 Å². The fourth-order valence-electron chi connectivity index (χ4n) is 8.92. The molecule has 1 saturated heterocycles. The molecular weight excluding hydrogens is 386 g/mol. The summed E-state index contributed by atoms with van der Waals surface area (Å²) in [6, 6.07) is 0. The molecule has 31 heavy (non-hydrogen) atoms. The molecule has 4 heteroatoms. The molecular formula is C27H44NO3+. The minimum absolute atomic E-state index is 0.0204. The predicted molar refractivity (Wildman–Crippen MR) is 121 cm³/mol. The number of rotatable bonds is 4. The van der Waals surface area contributed by atoms with E-state index in [0.717, 1.165) is 50.5 Å². The van der Waals surface area contributed by atoms with Crippen molar-refractivity contribution in [2.24, 2.45) is 34.5 Å². The quantitative estimate of drug-likeness (QED) is 0.687. The van der Waals surface area contributed by atoms with Gasteiger partial charge in [-0.25, -0.2) is 0 Å². The zero-order chi connectivity index (χ0) is 21.6. The van der Waals surface area contributed by atoms with Crippen molar-refractivity contribution in [2.45, 2.75) is 103 Å². The second-order valence-corrected chi connectivity index (χ2v) is 12.3. The van der Waals surface area contributed by atoms with Gasteiger partial charge in [0.15, 0.2) is 0 Å². The van der Waals surface area contributed by atoms with Crippen molar-refractivity contribution in [3.8, 4) is 0 Å². The van der Waals surface area contributed by atoms with E-state index in [0.29, 0.717) is 29.5 Å². The Morgan fingerprint density at radius 2 is 1.81 bits per heavy atom. The summed E-state index contributed by atoms with van der Waals surface area (Å²) in [5, 5.41) is 0. The Bertz CT molecular complexity index is 701. The van der Waals surface area contributed by atoms with Gasteiger partial charge in [-0.3, -0.25) is 9.59 Å². The first-order valence-corrected chi connectivity index (χ1v) is 13.5. The van der Waals surface area contributed by atoms with Crippen LogP contribution >= 0.6 is 0 Å². The molecule has 0 aromatic heterocycles. The van der Waals surface area contributed by atoms with Gasteiger partial charge in [0.25, 0.3) is 0 Å². The highest BCUT2D eigenvalue weighted by atomic mass is 16.5. The lowest BCUT2D eigenvalue weighted by molar-refractivity contribution is -0.904. The van der Waals surface area contributed by atoms with Gasteiger partial charge in [0, 0.05) is 11.8 Å². The van der Waals surface area contributed by atoms with Crippen molar-refractivity contribution in [1.29, 1.82) is 0 Å². The third-order valence-corrected chi connectivity index (χ3v) is 10.9. The molecule has 1 N–H and O–H groups in total. The van der Waals surface area contributed by atoms with Crippen molar-refractivity contribution < 1.29 is 19.2 Å². The number of Topliss-reactive ketones (excluding diaryl/α,β-unsaturated/α-hetero) is 1. The standard InChI is InChI=1S/C27H43NO3/c1-26-13-10-20(31-25(30)12-17-28-15-4-3-5-16-28)18-19(26)6-7-21-22-8-9-24(29)27(22,2)14-11-23(21)26/h19-23H,3-18H2,1-2H3/p+1/t19-,20-,21-,22+,23-,26-,27+/m1/s1. The number of fused-ring (bicyclic) bond motifs is 5. The van der Waals surface area contributed by atoms with Gasteiger partial charge in [0.05, 0.1) is 26.1 Å². The first kappa shape index (κ1) is 21.9. The van der Waals surface area contributed by atoms with E-state index in [2.05, 4.69) is 13.8 Å². The van der Waals surface area contributed by atoms with Crippen LogP contribution in [0.3, 0.4) is 0 Å². The number of likely N-dealkylation sites (tertiary alicyclic amines) is 1. The molecule has 4 saturated carbocycles. The van der Waals surface area contributed by atoms with Crippen molar-refractivity contribution in [3.63, 3.8) is 0 Å². The molecule has 0 unspecified atom stereocenters. The molecule has 4 aliphatic carbocycles. The lowest BCUT2D eigenvalue weighted by Crippen LogP contribution is -3.12. The number of ketones is 1. The maximum atomic E-state index is 12.6. The zero-order valence-corrected chi connectivity index (χ0v) is 19.9. The number of quaternary nitrogens is 1. The first-order valence-electron chi connectivity index (χ1n) is 13.5. The summed E-state index contributed by atoms with van der Waals surface area (Å²) in [4.78, 5) is 26.8. The van der Waals surface area contributed by atoms with Crippen LogP contribution in [0.1, 0.15) is 97.3 Å². The van der Waals surface area contributed by atoms with Crippen LogP contribution in [-0.2, 0) is 14.3 Å². The molecule has 5 fully saturated rings. The third kappa shape index (κ3) is 3.89. The Morgan fingerprint density at radius 1 is 1.00 bits per heavy atom. The van der Waals surface area contributed by atoms with Gasteiger partial charge in [-0.2, -0.15) is 0 Å². The SMILES string of the molecule is C[C@@]12CC[C@@H](OC(=O)CC[NH+]3CCCCC3)C[C@H]1CC[C@H]1[C@H]2CC[C@]2(C)C(=O)CC[C@@H]12. The largest absolute Gasteiger partial charge is 0.462 e. The van der Waals surface area contributed by atoms with Crippen molar-refractivity contribution in [2.75, 3.05) is 19.6 Å². The average molecular weight is 431 g/mol. The second kappa shape index (κ2) is 8.47. The molecule has 0 aromatic rings. The molecule has 5 aliphatic rings. The summed E-state index contributed by atoms with van der Waals surface area (Å²) in [6.45, 7) is 8.23. The molecule has 5 rings (SSSR count). The molecule has 4 nitrogen and oxygen atoms in total. The monoisotopic (exact) mass is 430 g/mol. The number of esters is 1. The van der Waals surface area contributed by atoms with Gasteiger partial charge in [0.2, 0.25) is 0 Å². The van der Waals surface area contributed by atoms with Gasteiger partial charge in [-0.05, 0) is 99.7 Å². The molecule has 1 aliphatic heterocycles. The van der Waals surface area contributed by atoms with Gasteiger partial charge >= 0.3 is 5.97 Å². The minimum Gasteiger partial charge on any atom is -0.462 e. The topological polar surface area (TPSA) is 47.8 Å². The molecule has 0 spiro atoms. The molecule has 0 radical (unpaired) electrons. The summed E-state index contributed by atoms with van der Waals surface area (Å²) in [5.41, 5.74) is 0.365. The number of hydrogen-bond donors (Lipinski definition) is 1. The number of hydrogen-bond acceptors (Lipinski definition) is 3. The maximum Gasteiger partial charge on any atom is 0.311 e. The van der Waals surface area contributed by atoms with E-state index in [9.17, 15) is 9.59 Å². The van der Waals surface area contributed by atoms with E-state index in [1.165, 1.54) is 58.0 Å². The van der Waals surface area contributed by atoms with Gasteiger partial charge < -0.3 is 9.64 Å². The van der Waals surface area contributed by atoms with Gasteiger partial charge in [0.1, 0.15) is 11.9 Å². The Hall–Kier alpha value is -0.900. The number of carbonyl (C=O) groups is 2. The highest BCUT2D eigenvalue weighted by molar-refractivity contribution is 5.87. The Balaban J connectivity index is 1.17. The highest BCUT2D eigenvalue weighted by Crippen LogP contribution is 2.65. The molecule has 0 aromatic carbocycles. The minimum atomic E-state index is -0.0204. The third-order valence-electron chi connectivity index (χ3n) is 10.9. The molecule has 7 atom stereocenters. The Kier molecular flexibility index (Phi) is 5.99. The maximum absolute atomic E-state index is 12.6. The normalized spacial score (nSPS) is 45.5. The lowest BCUT2D eigenvalue weighted by atomic mass is 9.45. The molecule has 174 valence electrons. The number of carbonyl (C=O) groups excluding carboxylic acids is 2. The van der Waals surface area contributed by atoms with Gasteiger partial charge in [-0.1, -0.05) is 13.8 Å². The summed E-state index contributed by atoms with van der Waals surface area (Å²) in [5.74, 6) is 3.43. The number of ether oxygens (including phenoxy) is 1. The van der Waals surface area contributed by atoms with Crippen LogP contribution in [0.5, 0.6) is 0 Å². The van der Waals surface area contributed by atoms with E-state index in [-0.39, 0.29) is 17.5 Å². The smallest absolute Gasteiger partial charge is 0.311 e. The van der Waals surface area contributed by atoms with Crippen LogP contribution in [0.4, 0.5) is 0 Å². The van der Waals surface area contributed by atoms with Crippen molar-refractivity contribution >= 4 is 11.8 Å². The van der Waals surface area contributed by atoms with Crippen LogP contribution in [0.15, 0.2) is 0 Å². The Labute approximate surface area is 188 Å². The fourth-order valence-corrected chi connectivity index (χ4v) is 8.92. The second-order valence-electron chi connectivity index (χ2n) is 12.3. The lowest BCUT2D eigenvalue weighted by Gasteiger charge is -2.60. The van der Waals surface area contributed by atoms with Crippen molar-refractivity contribution in [1.82, 2.24) is 0 Å². The van der Waals surface area contributed by atoms with Crippen LogP contribution in [0.25, 0.3) is 0 Å². The number of piperidine rings is 1. The molecule has 1 heterocycles. The first-order chi connectivity index (χ1) is 14.9. The van der Waals surface area contributed by atoms with Gasteiger partial charge in [-0.15, -0.1) is 0 Å². The van der Waals surface area contributed by atoms with Crippen LogP contribution in [-0.4, -0.2) is 37.5 Å².